The summed E-state index contributed by atoms with van der Waals surface area (Å²) in [5.41, 5.74) is 8.07. The van der Waals surface area contributed by atoms with Gasteiger partial charge in [0.15, 0.2) is 5.96 Å². The molecule has 10 heteroatoms. The Hall–Kier alpha value is -1.92. The Bertz CT molecular complexity index is 928. The molecule has 4 N–H and O–H groups in total. The molecule has 1 aliphatic rings. The first-order valence-corrected chi connectivity index (χ1v) is 10.5. The quantitative estimate of drug-likeness (QED) is 0.347. The van der Waals surface area contributed by atoms with Crippen LogP contribution in [-0.2, 0) is 16.4 Å². The molecule has 158 valence electrons. The molecule has 1 fully saturated rings. The van der Waals surface area contributed by atoms with Gasteiger partial charge in [0.25, 0.3) is 0 Å². The molecule has 0 unspecified atom stereocenters. The third-order valence-corrected chi connectivity index (χ3v) is 5.65. The number of sulfonamides is 1. The van der Waals surface area contributed by atoms with Crippen LogP contribution in [0.4, 0.5) is 10.1 Å². The second-order valence-electron chi connectivity index (χ2n) is 6.63. The van der Waals surface area contributed by atoms with E-state index in [4.69, 9.17) is 10.9 Å². The SMILES string of the molecule is I.NC(=NCCc1ccc(S(N)(=O)=O)cc1)N1CCN(c2ccc(F)cc2)CC1. The molecule has 0 radical (unpaired) electrons. The summed E-state index contributed by atoms with van der Waals surface area (Å²) in [6, 6.07) is 12.9. The monoisotopic (exact) mass is 533 g/mol. The second-order valence-corrected chi connectivity index (χ2v) is 8.19. The van der Waals surface area contributed by atoms with Crippen LogP contribution < -0.4 is 15.8 Å². The molecule has 0 atom stereocenters. The summed E-state index contributed by atoms with van der Waals surface area (Å²) >= 11 is 0. The molecule has 1 aliphatic heterocycles. The highest BCUT2D eigenvalue weighted by molar-refractivity contribution is 14.0. The number of primary sulfonamides is 1. The number of nitrogens with zero attached hydrogens (tertiary/aromatic N) is 3. The molecule has 7 nitrogen and oxygen atoms in total. The topological polar surface area (TPSA) is 105 Å². The molecule has 0 spiro atoms. The van der Waals surface area contributed by atoms with Crippen molar-refractivity contribution in [2.24, 2.45) is 15.9 Å². The van der Waals surface area contributed by atoms with Crippen LogP contribution in [0, 0.1) is 5.82 Å². The van der Waals surface area contributed by atoms with Crippen LogP contribution in [0.5, 0.6) is 0 Å². The molecule has 0 aliphatic carbocycles. The number of nitrogens with two attached hydrogens (primary N) is 2. The molecule has 1 heterocycles. The van der Waals surface area contributed by atoms with E-state index < -0.39 is 10.0 Å². The second kappa shape index (κ2) is 10.2. The van der Waals surface area contributed by atoms with Crippen molar-refractivity contribution < 1.29 is 12.8 Å². The van der Waals surface area contributed by atoms with Crippen LogP contribution in [0.15, 0.2) is 58.4 Å². The maximum atomic E-state index is 13.0. The van der Waals surface area contributed by atoms with E-state index >= 15 is 0 Å². The fourth-order valence-corrected chi connectivity index (χ4v) is 3.61. The molecule has 3 rings (SSSR count). The van der Waals surface area contributed by atoms with Gasteiger partial charge in [-0.2, -0.15) is 0 Å². The van der Waals surface area contributed by atoms with Crippen LogP contribution in [-0.4, -0.2) is 52.0 Å². The van der Waals surface area contributed by atoms with Crippen LogP contribution in [0.2, 0.25) is 0 Å². The van der Waals surface area contributed by atoms with Crippen molar-refractivity contribution in [3.05, 3.63) is 59.9 Å². The molecular formula is C19H25FIN5O2S. The zero-order valence-corrected chi connectivity index (χ0v) is 19.0. The smallest absolute Gasteiger partial charge is 0.238 e. The number of piperazine rings is 1. The summed E-state index contributed by atoms with van der Waals surface area (Å²) in [6.07, 6.45) is 0.654. The van der Waals surface area contributed by atoms with E-state index in [0.29, 0.717) is 18.9 Å². The standard InChI is InChI=1S/C19H24FN5O2S.HI/c20-16-3-5-17(6-4-16)24-11-13-25(14-12-24)19(21)23-10-9-15-1-7-18(8-2-15)28(22,26)27;/h1-8H,9-14H2,(H2,21,23)(H2,22,26,27);1H. The fraction of sp³-hybridized carbons (Fsp3) is 0.316. The summed E-state index contributed by atoms with van der Waals surface area (Å²) in [6.45, 7) is 3.58. The lowest BCUT2D eigenvalue weighted by Crippen LogP contribution is -2.51. The average molecular weight is 533 g/mol. The van der Waals surface area contributed by atoms with E-state index in [1.54, 1.807) is 24.3 Å². The number of hydrogen-bond acceptors (Lipinski definition) is 4. The highest BCUT2D eigenvalue weighted by Crippen LogP contribution is 2.17. The maximum absolute atomic E-state index is 13.0. The minimum atomic E-state index is -3.67. The van der Waals surface area contributed by atoms with Gasteiger partial charge >= 0.3 is 0 Å². The number of anilines is 1. The van der Waals surface area contributed by atoms with E-state index in [0.717, 1.165) is 37.4 Å². The Balaban J connectivity index is 0.00000300. The maximum Gasteiger partial charge on any atom is 0.238 e. The van der Waals surface area contributed by atoms with Crippen molar-refractivity contribution in [1.29, 1.82) is 0 Å². The predicted octanol–water partition coefficient (Wildman–Crippen LogP) is 1.77. The van der Waals surface area contributed by atoms with Gasteiger partial charge in [0.05, 0.1) is 4.90 Å². The molecule has 0 bridgehead atoms. The number of benzene rings is 2. The zero-order valence-electron chi connectivity index (χ0n) is 15.9. The summed E-state index contributed by atoms with van der Waals surface area (Å²) in [4.78, 5) is 8.75. The summed E-state index contributed by atoms with van der Waals surface area (Å²) in [5.74, 6) is 0.262. The lowest BCUT2D eigenvalue weighted by Gasteiger charge is -2.36. The van der Waals surface area contributed by atoms with Gasteiger partial charge in [0, 0.05) is 38.4 Å². The molecule has 2 aromatic carbocycles. The Morgan fingerprint density at radius 1 is 1.00 bits per heavy atom. The lowest BCUT2D eigenvalue weighted by atomic mass is 10.1. The number of hydrogen-bond donors (Lipinski definition) is 2. The van der Waals surface area contributed by atoms with Crippen molar-refractivity contribution in [1.82, 2.24) is 4.90 Å². The molecule has 29 heavy (non-hydrogen) atoms. The van der Waals surface area contributed by atoms with E-state index in [2.05, 4.69) is 9.89 Å². The third kappa shape index (κ3) is 6.54. The number of rotatable bonds is 5. The predicted molar refractivity (Wildman–Crippen MR) is 124 cm³/mol. The highest BCUT2D eigenvalue weighted by Gasteiger charge is 2.18. The first-order valence-electron chi connectivity index (χ1n) is 9.00. The van der Waals surface area contributed by atoms with Gasteiger partial charge < -0.3 is 15.5 Å². The molecule has 2 aromatic rings. The summed E-state index contributed by atoms with van der Waals surface area (Å²) < 4.78 is 35.6. The van der Waals surface area contributed by atoms with Gasteiger partial charge in [-0.3, -0.25) is 4.99 Å². The van der Waals surface area contributed by atoms with Crippen LogP contribution in [0.25, 0.3) is 0 Å². The largest absolute Gasteiger partial charge is 0.370 e. The Labute approximate surface area is 187 Å². The van der Waals surface area contributed by atoms with Crippen molar-refractivity contribution in [3.63, 3.8) is 0 Å². The molecular weight excluding hydrogens is 508 g/mol. The third-order valence-electron chi connectivity index (χ3n) is 4.72. The van der Waals surface area contributed by atoms with Crippen LogP contribution >= 0.6 is 24.0 Å². The van der Waals surface area contributed by atoms with E-state index in [1.807, 2.05) is 4.90 Å². The zero-order chi connectivity index (χ0) is 20.1. The number of guanidine groups is 1. The van der Waals surface area contributed by atoms with Crippen molar-refractivity contribution in [2.45, 2.75) is 11.3 Å². The highest BCUT2D eigenvalue weighted by atomic mass is 127. The molecule has 0 amide bonds. The first-order chi connectivity index (χ1) is 13.3. The Kier molecular flexibility index (Phi) is 8.23. The van der Waals surface area contributed by atoms with Gasteiger partial charge in [0.2, 0.25) is 10.0 Å². The molecule has 1 saturated heterocycles. The van der Waals surface area contributed by atoms with Crippen molar-refractivity contribution >= 4 is 45.6 Å². The normalized spacial score (nSPS) is 15.2. The fourth-order valence-electron chi connectivity index (χ4n) is 3.09. The first kappa shape index (κ1) is 23.4. The van der Waals surface area contributed by atoms with E-state index in [9.17, 15) is 12.8 Å². The minimum absolute atomic E-state index is 0. The van der Waals surface area contributed by atoms with Gasteiger partial charge in [-0.25, -0.2) is 17.9 Å². The number of halogens is 2. The van der Waals surface area contributed by atoms with Gasteiger partial charge in [-0.1, -0.05) is 12.1 Å². The molecule has 0 saturated carbocycles. The lowest BCUT2D eigenvalue weighted by molar-refractivity contribution is 0.381. The van der Waals surface area contributed by atoms with Gasteiger partial charge in [-0.05, 0) is 48.4 Å². The van der Waals surface area contributed by atoms with Crippen LogP contribution in [0.3, 0.4) is 0 Å². The van der Waals surface area contributed by atoms with Crippen LogP contribution in [0.1, 0.15) is 5.56 Å². The minimum Gasteiger partial charge on any atom is -0.370 e. The number of aliphatic imine (C=N–C) groups is 1. The Morgan fingerprint density at radius 3 is 2.14 bits per heavy atom. The van der Waals surface area contributed by atoms with Crippen molar-refractivity contribution in [3.8, 4) is 0 Å². The summed E-state index contributed by atoms with van der Waals surface area (Å²) in [7, 11) is -3.67. The molecule has 0 aromatic heterocycles. The van der Waals surface area contributed by atoms with Gasteiger partial charge in [0.1, 0.15) is 5.82 Å². The van der Waals surface area contributed by atoms with Crippen molar-refractivity contribution in [2.75, 3.05) is 37.6 Å². The van der Waals surface area contributed by atoms with Gasteiger partial charge in [-0.15, -0.1) is 24.0 Å². The Morgan fingerprint density at radius 2 is 1.59 bits per heavy atom. The average Bonchev–Trinajstić information content (AvgIpc) is 2.68. The van der Waals surface area contributed by atoms with E-state index in [1.165, 1.54) is 24.3 Å². The van der Waals surface area contributed by atoms with E-state index in [-0.39, 0.29) is 34.7 Å². The summed E-state index contributed by atoms with van der Waals surface area (Å²) in [5, 5.41) is 5.09.